The molecule has 0 aliphatic rings. The minimum absolute atomic E-state index is 0.0104. The molecule has 1 unspecified atom stereocenters. The van der Waals surface area contributed by atoms with E-state index < -0.39 is 7.60 Å². The molecular weight excluding hydrogens is 335 g/mol. The standard InChI is InChI=1S/C17H18ClO4P/c1-13-7-6-10-15(18)17(13)16(19)11-12-22-23(20,21-2)14-8-4-3-5-9-14/h3-10H,11-12H2,1-2H3. The highest BCUT2D eigenvalue weighted by molar-refractivity contribution is 7.62. The Bertz CT molecular complexity index is 710. The molecular formula is C17H18ClO4P. The normalized spacial score (nSPS) is 13.5. The van der Waals surface area contributed by atoms with Crippen LogP contribution in [0.25, 0.3) is 0 Å². The molecule has 2 aromatic carbocycles. The van der Waals surface area contributed by atoms with Crippen LogP contribution in [-0.4, -0.2) is 19.5 Å². The van der Waals surface area contributed by atoms with Gasteiger partial charge in [-0.2, -0.15) is 0 Å². The van der Waals surface area contributed by atoms with Crippen LogP contribution in [0.15, 0.2) is 48.5 Å². The molecule has 0 spiro atoms. The topological polar surface area (TPSA) is 52.6 Å². The van der Waals surface area contributed by atoms with Crippen LogP contribution in [0.3, 0.4) is 0 Å². The van der Waals surface area contributed by atoms with Crippen molar-refractivity contribution in [2.24, 2.45) is 0 Å². The molecule has 0 saturated heterocycles. The Labute approximate surface area is 140 Å². The Balaban J connectivity index is 2.04. The second kappa shape index (κ2) is 7.89. The van der Waals surface area contributed by atoms with Gasteiger partial charge in [-0.05, 0) is 30.7 Å². The highest BCUT2D eigenvalue weighted by atomic mass is 35.5. The Hall–Kier alpha value is -1.45. The highest BCUT2D eigenvalue weighted by Crippen LogP contribution is 2.46. The number of benzene rings is 2. The molecule has 2 aromatic rings. The fourth-order valence-electron chi connectivity index (χ4n) is 2.21. The van der Waals surface area contributed by atoms with Gasteiger partial charge in [0.05, 0.1) is 16.9 Å². The molecule has 0 aliphatic heterocycles. The quantitative estimate of drug-likeness (QED) is 0.547. The van der Waals surface area contributed by atoms with E-state index in [0.717, 1.165) is 5.56 Å². The van der Waals surface area contributed by atoms with E-state index in [9.17, 15) is 9.36 Å². The van der Waals surface area contributed by atoms with E-state index in [1.807, 2.05) is 19.1 Å². The lowest BCUT2D eigenvalue weighted by molar-refractivity contribution is 0.0958. The van der Waals surface area contributed by atoms with E-state index in [4.69, 9.17) is 20.6 Å². The van der Waals surface area contributed by atoms with Crippen LogP contribution >= 0.6 is 19.2 Å². The fraction of sp³-hybridized carbons (Fsp3) is 0.235. The van der Waals surface area contributed by atoms with E-state index in [1.54, 1.807) is 36.4 Å². The number of halogens is 1. The van der Waals surface area contributed by atoms with Crippen LogP contribution in [0.1, 0.15) is 22.3 Å². The van der Waals surface area contributed by atoms with Crippen molar-refractivity contribution in [2.75, 3.05) is 13.7 Å². The van der Waals surface area contributed by atoms with Gasteiger partial charge < -0.3 is 9.05 Å². The first-order valence-corrected chi connectivity index (χ1v) is 9.04. The van der Waals surface area contributed by atoms with Gasteiger partial charge in [0.15, 0.2) is 5.78 Å². The lowest BCUT2D eigenvalue weighted by atomic mass is 10.0. The van der Waals surface area contributed by atoms with Crippen molar-refractivity contribution >= 4 is 30.3 Å². The smallest absolute Gasteiger partial charge is 0.309 e. The Morgan fingerprint density at radius 2 is 1.83 bits per heavy atom. The lowest BCUT2D eigenvalue weighted by Gasteiger charge is -2.16. The Morgan fingerprint density at radius 3 is 2.43 bits per heavy atom. The summed E-state index contributed by atoms with van der Waals surface area (Å²) in [4.78, 5) is 12.3. The maximum atomic E-state index is 12.7. The van der Waals surface area contributed by atoms with E-state index in [2.05, 4.69) is 0 Å². The molecule has 0 radical (unpaired) electrons. The molecule has 0 amide bonds. The van der Waals surface area contributed by atoms with Crippen LogP contribution in [0.5, 0.6) is 0 Å². The molecule has 0 heterocycles. The molecule has 0 aliphatic carbocycles. The summed E-state index contributed by atoms with van der Waals surface area (Å²) in [6, 6.07) is 13.9. The van der Waals surface area contributed by atoms with Gasteiger partial charge >= 0.3 is 7.60 Å². The number of carbonyl (C=O) groups is 1. The summed E-state index contributed by atoms with van der Waals surface area (Å²) in [5, 5.41) is 0.872. The number of ketones is 1. The molecule has 0 saturated carbocycles. The summed E-state index contributed by atoms with van der Waals surface area (Å²) >= 11 is 6.08. The summed E-state index contributed by atoms with van der Waals surface area (Å²) in [5.74, 6) is -0.149. The molecule has 23 heavy (non-hydrogen) atoms. The zero-order valence-corrected chi connectivity index (χ0v) is 14.6. The zero-order chi connectivity index (χ0) is 16.9. The number of hydrogen-bond acceptors (Lipinski definition) is 4. The first-order valence-electron chi connectivity index (χ1n) is 7.12. The average Bonchev–Trinajstić information content (AvgIpc) is 2.55. The van der Waals surface area contributed by atoms with Crippen molar-refractivity contribution in [1.29, 1.82) is 0 Å². The molecule has 122 valence electrons. The van der Waals surface area contributed by atoms with Gasteiger partial charge in [-0.3, -0.25) is 9.36 Å². The van der Waals surface area contributed by atoms with E-state index in [0.29, 0.717) is 15.9 Å². The summed E-state index contributed by atoms with van der Waals surface area (Å²) < 4.78 is 23.1. The summed E-state index contributed by atoms with van der Waals surface area (Å²) in [6.45, 7) is 1.81. The molecule has 0 fully saturated rings. The number of hydrogen-bond donors (Lipinski definition) is 0. The van der Waals surface area contributed by atoms with E-state index in [1.165, 1.54) is 7.11 Å². The maximum absolute atomic E-state index is 12.7. The fourth-order valence-corrected chi connectivity index (χ4v) is 3.87. The third kappa shape index (κ3) is 4.30. The van der Waals surface area contributed by atoms with Gasteiger partial charge in [-0.25, -0.2) is 0 Å². The van der Waals surface area contributed by atoms with Crippen molar-refractivity contribution in [3.05, 3.63) is 64.7 Å². The summed E-state index contributed by atoms with van der Waals surface area (Å²) in [5.41, 5.74) is 1.28. The van der Waals surface area contributed by atoms with Crippen LogP contribution in [0, 0.1) is 6.92 Å². The third-order valence-electron chi connectivity index (χ3n) is 3.40. The number of Topliss-reactive ketones (excluding diaryl/α,β-unsaturated/α-hetero) is 1. The molecule has 4 nitrogen and oxygen atoms in total. The largest absolute Gasteiger partial charge is 0.361 e. The van der Waals surface area contributed by atoms with E-state index in [-0.39, 0.29) is 18.8 Å². The van der Waals surface area contributed by atoms with Crippen LogP contribution < -0.4 is 5.30 Å². The Kier molecular flexibility index (Phi) is 6.14. The predicted octanol–water partition coefficient (Wildman–Crippen LogP) is 4.40. The number of carbonyl (C=O) groups excluding carboxylic acids is 1. The van der Waals surface area contributed by atoms with Crippen molar-refractivity contribution in [1.82, 2.24) is 0 Å². The molecule has 0 N–H and O–H groups in total. The van der Waals surface area contributed by atoms with Gasteiger partial charge in [0.25, 0.3) is 0 Å². The maximum Gasteiger partial charge on any atom is 0.361 e. The van der Waals surface area contributed by atoms with Crippen LogP contribution in [-0.2, 0) is 13.6 Å². The first kappa shape index (κ1) is 17.9. The van der Waals surface area contributed by atoms with Crippen LogP contribution in [0.4, 0.5) is 0 Å². The minimum Gasteiger partial charge on any atom is -0.309 e. The molecule has 6 heteroatoms. The molecule has 0 aromatic heterocycles. The predicted molar refractivity (Wildman–Crippen MR) is 91.8 cm³/mol. The summed E-state index contributed by atoms with van der Waals surface area (Å²) in [7, 11) is -2.08. The average molecular weight is 353 g/mol. The monoisotopic (exact) mass is 352 g/mol. The molecule has 2 rings (SSSR count). The van der Waals surface area contributed by atoms with Gasteiger partial charge in [-0.15, -0.1) is 0 Å². The van der Waals surface area contributed by atoms with Crippen molar-refractivity contribution in [3.63, 3.8) is 0 Å². The van der Waals surface area contributed by atoms with Gasteiger partial charge in [0.1, 0.15) is 0 Å². The van der Waals surface area contributed by atoms with Gasteiger partial charge in [0.2, 0.25) is 0 Å². The summed E-state index contributed by atoms with van der Waals surface area (Å²) in [6.07, 6.45) is 0.0742. The zero-order valence-electron chi connectivity index (χ0n) is 13.0. The van der Waals surface area contributed by atoms with Crippen LogP contribution in [0.2, 0.25) is 5.02 Å². The van der Waals surface area contributed by atoms with Gasteiger partial charge in [0, 0.05) is 19.1 Å². The highest BCUT2D eigenvalue weighted by Gasteiger charge is 2.26. The molecule has 1 atom stereocenters. The lowest BCUT2D eigenvalue weighted by Crippen LogP contribution is -2.12. The second-order valence-electron chi connectivity index (χ2n) is 4.95. The minimum atomic E-state index is -3.41. The third-order valence-corrected chi connectivity index (χ3v) is 5.65. The Morgan fingerprint density at radius 1 is 1.13 bits per heavy atom. The SMILES string of the molecule is COP(=O)(OCCC(=O)c1c(C)cccc1Cl)c1ccccc1. The molecule has 0 bridgehead atoms. The number of rotatable bonds is 7. The van der Waals surface area contributed by atoms with Gasteiger partial charge in [-0.1, -0.05) is 41.9 Å². The van der Waals surface area contributed by atoms with Crippen molar-refractivity contribution in [2.45, 2.75) is 13.3 Å². The van der Waals surface area contributed by atoms with E-state index >= 15 is 0 Å². The van der Waals surface area contributed by atoms with Crippen molar-refractivity contribution < 1.29 is 18.4 Å². The number of aryl methyl sites for hydroxylation is 1. The van der Waals surface area contributed by atoms with Crippen molar-refractivity contribution in [3.8, 4) is 0 Å². The first-order chi connectivity index (χ1) is 11.0. The second-order valence-corrected chi connectivity index (χ2v) is 7.50.